The molecule has 21 heavy (non-hydrogen) atoms. The van der Waals surface area contributed by atoms with E-state index in [1.165, 1.54) is 12.1 Å². The van der Waals surface area contributed by atoms with Crippen molar-refractivity contribution in [2.75, 3.05) is 39.1 Å². The van der Waals surface area contributed by atoms with E-state index in [0.717, 1.165) is 25.1 Å². The van der Waals surface area contributed by atoms with Crippen LogP contribution in [0.4, 0.5) is 24.5 Å². The van der Waals surface area contributed by atoms with Gasteiger partial charge in [-0.3, -0.25) is 0 Å². The molecule has 0 radical (unpaired) electrons. The molecular formula is C14H18F3N3O. The third kappa shape index (κ3) is 5.21. The maximum Gasteiger partial charge on any atom is 0.416 e. The summed E-state index contributed by atoms with van der Waals surface area (Å²) in [5.41, 5.74) is -0.376. The van der Waals surface area contributed by atoms with Crippen LogP contribution >= 0.6 is 0 Å². The van der Waals surface area contributed by atoms with Gasteiger partial charge in [0.05, 0.1) is 11.3 Å². The van der Waals surface area contributed by atoms with Crippen LogP contribution in [-0.2, 0) is 11.0 Å². The monoisotopic (exact) mass is 301 g/mol. The highest BCUT2D eigenvalue weighted by Crippen LogP contribution is 2.36. The lowest BCUT2D eigenvalue weighted by atomic mass is 10.1. The van der Waals surface area contributed by atoms with Crippen molar-refractivity contribution in [2.24, 2.45) is 4.99 Å². The molecule has 0 aromatic heterocycles. The van der Waals surface area contributed by atoms with Crippen LogP contribution in [0, 0.1) is 0 Å². The summed E-state index contributed by atoms with van der Waals surface area (Å²) in [5.74, 6) is 0. The number of rotatable bonds is 6. The fraction of sp³-hybridized carbons (Fsp3) is 0.500. The zero-order valence-electron chi connectivity index (χ0n) is 12.2. The van der Waals surface area contributed by atoms with Crippen molar-refractivity contribution in [3.8, 4) is 0 Å². The molecule has 0 aliphatic heterocycles. The summed E-state index contributed by atoms with van der Waals surface area (Å²) in [7, 11) is 5.64. The number of carbonyl (C=O) groups excluding carboxylic acids is 1. The van der Waals surface area contributed by atoms with Gasteiger partial charge in [0.15, 0.2) is 0 Å². The Morgan fingerprint density at radius 2 is 1.86 bits per heavy atom. The zero-order valence-corrected chi connectivity index (χ0v) is 12.2. The average Bonchev–Trinajstić information content (AvgIpc) is 2.37. The molecule has 0 fully saturated rings. The Balaban J connectivity index is 2.98. The maximum absolute atomic E-state index is 12.7. The number of alkyl halides is 3. The standard InChI is InChI=1S/C14H18F3N3O/c1-19(2)7-4-8-20(3)13-6-5-11(14(15,16)17)9-12(13)18-10-21/h5-6,9H,4,7-8H2,1-3H3. The van der Waals surface area contributed by atoms with Gasteiger partial charge in [-0.1, -0.05) is 0 Å². The molecule has 0 saturated heterocycles. The van der Waals surface area contributed by atoms with Crippen molar-refractivity contribution < 1.29 is 18.0 Å². The Morgan fingerprint density at radius 1 is 1.19 bits per heavy atom. The predicted octanol–water partition coefficient (Wildman–Crippen LogP) is 3.06. The van der Waals surface area contributed by atoms with Crippen LogP contribution in [0.5, 0.6) is 0 Å². The van der Waals surface area contributed by atoms with E-state index in [9.17, 15) is 18.0 Å². The third-order valence-electron chi connectivity index (χ3n) is 2.98. The fourth-order valence-corrected chi connectivity index (χ4v) is 1.91. The summed E-state index contributed by atoms with van der Waals surface area (Å²) < 4.78 is 38.0. The van der Waals surface area contributed by atoms with Gasteiger partial charge in [0, 0.05) is 13.6 Å². The van der Waals surface area contributed by atoms with Crippen molar-refractivity contribution in [3.05, 3.63) is 23.8 Å². The molecule has 1 aromatic rings. The van der Waals surface area contributed by atoms with Gasteiger partial charge >= 0.3 is 6.18 Å². The first-order chi connectivity index (χ1) is 9.75. The predicted molar refractivity (Wildman–Crippen MR) is 75.7 cm³/mol. The number of hydrogen-bond acceptors (Lipinski definition) is 4. The van der Waals surface area contributed by atoms with Crippen LogP contribution in [0.3, 0.4) is 0 Å². The molecule has 1 aromatic carbocycles. The van der Waals surface area contributed by atoms with Gasteiger partial charge in [-0.05, 0) is 45.3 Å². The molecule has 0 spiro atoms. The van der Waals surface area contributed by atoms with E-state index in [4.69, 9.17) is 0 Å². The van der Waals surface area contributed by atoms with Gasteiger partial charge in [-0.15, -0.1) is 0 Å². The number of nitrogens with zero attached hydrogens (tertiary/aromatic N) is 3. The SMILES string of the molecule is CN(C)CCCN(C)c1ccc(C(F)(F)F)cc1N=C=O. The number of aliphatic imine (C=N–C) groups is 1. The topological polar surface area (TPSA) is 35.9 Å². The second-order valence-electron chi connectivity index (χ2n) is 4.98. The van der Waals surface area contributed by atoms with E-state index in [1.807, 2.05) is 19.0 Å². The van der Waals surface area contributed by atoms with Crippen molar-refractivity contribution in [1.82, 2.24) is 4.90 Å². The van der Waals surface area contributed by atoms with Crippen LogP contribution in [0.25, 0.3) is 0 Å². The number of halogens is 3. The van der Waals surface area contributed by atoms with Crippen LogP contribution in [-0.4, -0.2) is 45.2 Å². The minimum atomic E-state index is -4.46. The first-order valence-corrected chi connectivity index (χ1v) is 6.40. The Hall–Kier alpha value is -1.85. The Kier molecular flexibility index (Phi) is 5.93. The first kappa shape index (κ1) is 17.2. The molecule has 0 heterocycles. The van der Waals surface area contributed by atoms with Crippen LogP contribution in [0.1, 0.15) is 12.0 Å². The summed E-state index contributed by atoms with van der Waals surface area (Å²) in [6, 6.07) is 3.18. The van der Waals surface area contributed by atoms with Crippen molar-refractivity contribution in [1.29, 1.82) is 0 Å². The Labute approximate surface area is 121 Å². The molecule has 0 aliphatic rings. The van der Waals surface area contributed by atoms with Crippen molar-refractivity contribution >= 4 is 17.5 Å². The lowest BCUT2D eigenvalue weighted by Gasteiger charge is -2.22. The lowest BCUT2D eigenvalue weighted by Crippen LogP contribution is -2.23. The largest absolute Gasteiger partial charge is 0.416 e. The van der Waals surface area contributed by atoms with Gasteiger partial charge in [-0.25, -0.2) is 4.79 Å². The van der Waals surface area contributed by atoms with Gasteiger partial charge in [0.2, 0.25) is 6.08 Å². The highest BCUT2D eigenvalue weighted by Gasteiger charge is 2.31. The molecule has 0 unspecified atom stereocenters. The number of hydrogen-bond donors (Lipinski definition) is 0. The molecule has 4 nitrogen and oxygen atoms in total. The molecule has 1 rings (SSSR count). The number of benzene rings is 1. The summed E-state index contributed by atoms with van der Waals surface area (Å²) in [4.78, 5) is 17.6. The normalized spacial score (nSPS) is 11.4. The number of isocyanates is 1. The second kappa shape index (κ2) is 7.24. The second-order valence-corrected chi connectivity index (χ2v) is 4.98. The fourth-order valence-electron chi connectivity index (χ4n) is 1.91. The molecule has 116 valence electrons. The third-order valence-corrected chi connectivity index (χ3v) is 2.98. The number of anilines is 1. The van der Waals surface area contributed by atoms with Gasteiger partial charge in [0.1, 0.15) is 5.69 Å². The van der Waals surface area contributed by atoms with Gasteiger partial charge in [0.25, 0.3) is 0 Å². The van der Waals surface area contributed by atoms with E-state index in [0.29, 0.717) is 12.2 Å². The molecule has 7 heteroatoms. The summed E-state index contributed by atoms with van der Waals surface area (Å²) in [5, 5.41) is 0. The molecule has 0 aliphatic carbocycles. The maximum atomic E-state index is 12.7. The zero-order chi connectivity index (χ0) is 16.0. The lowest BCUT2D eigenvalue weighted by molar-refractivity contribution is -0.137. The minimum Gasteiger partial charge on any atom is -0.373 e. The molecular weight excluding hydrogens is 283 g/mol. The van der Waals surface area contributed by atoms with Crippen molar-refractivity contribution in [2.45, 2.75) is 12.6 Å². The van der Waals surface area contributed by atoms with E-state index in [1.54, 1.807) is 11.9 Å². The molecule has 0 atom stereocenters. The van der Waals surface area contributed by atoms with E-state index in [-0.39, 0.29) is 5.69 Å². The van der Waals surface area contributed by atoms with E-state index in [2.05, 4.69) is 4.99 Å². The minimum absolute atomic E-state index is 0.0211. The summed E-state index contributed by atoms with van der Waals surface area (Å²) in [6.45, 7) is 1.50. The highest BCUT2D eigenvalue weighted by atomic mass is 19.4. The van der Waals surface area contributed by atoms with Crippen LogP contribution in [0.15, 0.2) is 23.2 Å². The first-order valence-electron chi connectivity index (χ1n) is 6.40. The molecule has 0 N–H and O–H groups in total. The average molecular weight is 301 g/mol. The van der Waals surface area contributed by atoms with E-state index >= 15 is 0 Å². The highest BCUT2D eigenvalue weighted by molar-refractivity contribution is 5.70. The van der Waals surface area contributed by atoms with Crippen molar-refractivity contribution in [3.63, 3.8) is 0 Å². The molecule has 0 amide bonds. The Bertz CT molecular complexity index is 523. The smallest absolute Gasteiger partial charge is 0.373 e. The van der Waals surface area contributed by atoms with Gasteiger partial charge in [-0.2, -0.15) is 18.2 Å². The van der Waals surface area contributed by atoms with Crippen LogP contribution in [0.2, 0.25) is 0 Å². The molecule has 0 bridgehead atoms. The van der Waals surface area contributed by atoms with Gasteiger partial charge < -0.3 is 9.80 Å². The van der Waals surface area contributed by atoms with Crippen LogP contribution < -0.4 is 4.90 Å². The van der Waals surface area contributed by atoms with E-state index < -0.39 is 11.7 Å². The quantitative estimate of drug-likeness (QED) is 0.598. The molecule has 0 saturated carbocycles. The summed E-state index contributed by atoms with van der Waals surface area (Å²) >= 11 is 0. The Morgan fingerprint density at radius 3 is 2.38 bits per heavy atom. The summed E-state index contributed by atoms with van der Waals surface area (Å²) in [6.07, 6.45) is -2.32.